The van der Waals surface area contributed by atoms with E-state index in [1.54, 1.807) is 0 Å². The summed E-state index contributed by atoms with van der Waals surface area (Å²) in [5.74, 6) is -1.44. The first kappa shape index (κ1) is 17.0. The summed E-state index contributed by atoms with van der Waals surface area (Å²) in [4.78, 5) is 31.6. The molecular weight excluding hydrogens is 321 g/mol. The van der Waals surface area contributed by atoms with Crippen LogP contribution in [0, 0.1) is 0 Å². The summed E-state index contributed by atoms with van der Waals surface area (Å²) in [6.45, 7) is -0.764. The highest BCUT2D eigenvalue weighted by Gasteiger charge is 2.48. The molecule has 1 aliphatic heterocycles. The van der Waals surface area contributed by atoms with Crippen molar-refractivity contribution in [3.05, 3.63) is 30.1 Å². The second-order valence-corrected chi connectivity index (χ2v) is 5.77. The van der Waals surface area contributed by atoms with Gasteiger partial charge in [0, 0.05) is 6.07 Å². The molecule has 0 bridgehead atoms. The van der Waals surface area contributed by atoms with E-state index in [4.69, 9.17) is 4.74 Å². The van der Waals surface area contributed by atoms with E-state index in [2.05, 4.69) is 4.52 Å². The molecule has 122 valence electrons. The van der Waals surface area contributed by atoms with Crippen LogP contribution in [0.3, 0.4) is 0 Å². The van der Waals surface area contributed by atoms with Gasteiger partial charge >= 0.3 is 0 Å². The first-order valence-corrected chi connectivity index (χ1v) is 7.55. The van der Waals surface area contributed by atoms with Crippen LogP contribution in [0.4, 0.5) is 0 Å². The summed E-state index contributed by atoms with van der Waals surface area (Å²) >= 11 is 0. The number of phosphoric ester groups is 1. The van der Waals surface area contributed by atoms with Crippen molar-refractivity contribution in [1.29, 1.82) is 0 Å². The number of carbonyl (C=O) groups is 1. The van der Waals surface area contributed by atoms with Gasteiger partial charge in [-0.25, -0.2) is 0 Å². The van der Waals surface area contributed by atoms with E-state index in [1.165, 1.54) is 22.9 Å². The molecule has 0 unspecified atom stereocenters. The zero-order valence-corrected chi connectivity index (χ0v) is 11.9. The maximum absolute atomic E-state index is 10.8. The number of ether oxygens (including phenoxy) is 1. The van der Waals surface area contributed by atoms with Crippen molar-refractivity contribution >= 4 is 13.8 Å². The Balaban J connectivity index is 2.14. The summed E-state index contributed by atoms with van der Waals surface area (Å²) < 4.78 is 20.8. The quantitative estimate of drug-likeness (QED) is 0.401. The van der Waals surface area contributed by atoms with E-state index < -0.39 is 44.9 Å². The van der Waals surface area contributed by atoms with Crippen LogP contribution in [0.2, 0.25) is 0 Å². The molecule has 0 radical (unpaired) electrons. The molecule has 1 saturated heterocycles. The maximum Gasteiger partial charge on any atom is 0.292 e. The van der Waals surface area contributed by atoms with Crippen LogP contribution in [0.5, 0.6) is 0 Å². The van der Waals surface area contributed by atoms with Crippen molar-refractivity contribution in [3.63, 3.8) is 0 Å². The fraction of sp³-hybridized carbons (Fsp3) is 0.455. The Hall–Kier alpha value is -1.39. The fourth-order valence-electron chi connectivity index (χ4n) is 2.05. The van der Waals surface area contributed by atoms with Crippen LogP contribution < -0.4 is 19.5 Å². The number of aromatic carboxylic acids is 1. The summed E-state index contributed by atoms with van der Waals surface area (Å²) in [5.41, 5.74) is -0.184. The molecule has 22 heavy (non-hydrogen) atoms. The van der Waals surface area contributed by atoms with Crippen LogP contribution in [0.1, 0.15) is 16.6 Å². The molecule has 1 aromatic rings. The summed E-state index contributed by atoms with van der Waals surface area (Å²) in [6, 6.07) is 2.62. The van der Waals surface area contributed by atoms with Gasteiger partial charge in [0.1, 0.15) is 12.2 Å². The highest BCUT2D eigenvalue weighted by molar-refractivity contribution is 7.43. The number of hydrogen-bond acceptors (Lipinski definition) is 9. The molecule has 1 aliphatic rings. The van der Waals surface area contributed by atoms with Crippen molar-refractivity contribution in [2.24, 2.45) is 0 Å². The zero-order valence-electron chi connectivity index (χ0n) is 11.0. The van der Waals surface area contributed by atoms with Gasteiger partial charge < -0.3 is 43.7 Å². The van der Waals surface area contributed by atoms with Gasteiger partial charge in [0.2, 0.25) is 0 Å². The van der Waals surface area contributed by atoms with E-state index in [1.807, 2.05) is 0 Å². The van der Waals surface area contributed by atoms with Crippen molar-refractivity contribution < 1.29 is 48.3 Å². The van der Waals surface area contributed by atoms with E-state index in [9.17, 15) is 34.5 Å². The van der Waals surface area contributed by atoms with Crippen molar-refractivity contribution in [1.82, 2.24) is 0 Å². The molecule has 1 fully saturated rings. The molecule has 2 rings (SSSR count). The van der Waals surface area contributed by atoms with E-state index >= 15 is 0 Å². The first-order chi connectivity index (χ1) is 10.2. The third-order valence-corrected chi connectivity index (χ3v) is 3.55. The average molecular weight is 333 g/mol. The Kier molecular flexibility index (Phi) is 4.93. The minimum absolute atomic E-state index is 0.184. The third kappa shape index (κ3) is 3.87. The molecule has 0 amide bonds. The molecule has 0 aliphatic carbocycles. The summed E-state index contributed by atoms with van der Waals surface area (Å²) in [6.07, 6.45) is -2.95. The lowest BCUT2D eigenvalue weighted by molar-refractivity contribution is -0.765. The number of aliphatic hydroxyl groups is 2. The molecule has 0 aromatic carbocycles. The highest BCUT2D eigenvalue weighted by Crippen LogP contribution is 2.30. The number of carboxylic acids is 1. The second kappa shape index (κ2) is 6.39. The number of phosphoric acid groups is 1. The Labute approximate surface area is 124 Å². The Bertz CT molecular complexity index is 603. The van der Waals surface area contributed by atoms with Crippen molar-refractivity contribution in [2.45, 2.75) is 24.5 Å². The SMILES string of the molecule is O=C([O-])c1ccc[n+]([C@@H]2O[C@H](COP(=O)([O-])[O-])[C@@H](O)[C@H]2O)c1. The van der Waals surface area contributed by atoms with Crippen molar-refractivity contribution in [3.8, 4) is 0 Å². The van der Waals surface area contributed by atoms with Crippen molar-refractivity contribution in [2.75, 3.05) is 6.61 Å². The molecule has 10 nitrogen and oxygen atoms in total. The normalized spacial score (nSPS) is 28.7. The van der Waals surface area contributed by atoms with Crippen LogP contribution in [0.15, 0.2) is 24.5 Å². The molecular formula is C11H12NO9P-2. The average Bonchev–Trinajstić information content (AvgIpc) is 2.72. The van der Waals surface area contributed by atoms with Gasteiger partial charge in [0.25, 0.3) is 6.23 Å². The van der Waals surface area contributed by atoms with Gasteiger partial charge in [0.15, 0.2) is 18.5 Å². The van der Waals surface area contributed by atoms with Gasteiger partial charge in [-0.1, -0.05) is 0 Å². The Morgan fingerprint density at radius 1 is 1.41 bits per heavy atom. The predicted molar refractivity (Wildman–Crippen MR) is 60.4 cm³/mol. The molecule has 11 heteroatoms. The van der Waals surface area contributed by atoms with Crippen LogP contribution in [0.25, 0.3) is 0 Å². The number of pyridine rings is 1. The lowest BCUT2D eigenvalue weighted by Gasteiger charge is -2.30. The predicted octanol–water partition coefficient (Wildman–Crippen LogP) is -4.20. The number of aliphatic hydroxyl groups excluding tert-OH is 2. The molecule has 1 aromatic heterocycles. The summed E-state index contributed by atoms with van der Waals surface area (Å²) in [5, 5.41) is 30.5. The second-order valence-electron chi connectivity index (χ2n) is 4.62. The van der Waals surface area contributed by atoms with E-state index in [-0.39, 0.29) is 5.56 Å². The minimum atomic E-state index is -5.24. The van der Waals surface area contributed by atoms with Gasteiger partial charge in [0.05, 0.1) is 26.0 Å². The van der Waals surface area contributed by atoms with Crippen LogP contribution in [-0.2, 0) is 13.8 Å². The van der Waals surface area contributed by atoms with Gasteiger partial charge in [-0.2, -0.15) is 4.57 Å². The number of rotatable bonds is 5. The zero-order chi connectivity index (χ0) is 16.5. The minimum Gasteiger partial charge on any atom is -0.790 e. The molecule has 0 saturated carbocycles. The third-order valence-electron chi connectivity index (χ3n) is 3.09. The fourth-order valence-corrected chi connectivity index (χ4v) is 2.38. The Morgan fingerprint density at radius 2 is 2.09 bits per heavy atom. The first-order valence-electron chi connectivity index (χ1n) is 6.09. The van der Waals surface area contributed by atoms with E-state index in [0.29, 0.717) is 0 Å². The van der Waals surface area contributed by atoms with E-state index in [0.717, 1.165) is 6.20 Å². The van der Waals surface area contributed by atoms with Gasteiger partial charge in [-0.05, 0) is 6.07 Å². The topological polar surface area (TPSA) is 166 Å². The smallest absolute Gasteiger partial charge is 0.292 e. The van der Waals surface area contributed by atoms with Crippen LogP contribution in [-0.4, -0.2) is 41.1 Å². The maximum atomic E-state index is 10.8. The standard InChI is InChI=1S/C11H14NO9P/c13-8-7(5-20-22(17,18)19)21-10(9(8)14)12-3-1-2-6(4-12)11(15)16/h1-4,7-10,13-14H,5H2,(H2-,15,16,17,18,19)/p-2/t7-,8-,9-,10-/m1/s1. The number of nitrogens with zero attached hydrogens (tertiary/aromatic N) is 1. The largest absolute Gasteiger partial charge is 0.790 e. The molecule has 2 N–H and O–H groups in total. The highest BCUT2D eigenvalue weighted by atomic mass is 31.2. The number of hydrogen-bond donors (Lipinski definition) is 2. The molecule has 0 spiro atoms. The number of carbonyl (C=O) groups excluding carboxylic acids is 1. The molecule has 2 heterocycles. The van der Waals surface area contributed by atoms with Gasteiger partial charge in [-0.3, -0.25) is 0 Å². The number of carboxylic acid groups (broad SMARTS) is 1. The lowest BCUT2D eigenvalue weighted by Crippen LogP contribution is -2.46. The number of aromatic nitrogens is 1. The Morgan fingerprint density at radius 3 is 2.68 bits per heavy atom. The van der Waals surface area contributed by atoms with Gasteiger partial charge in [-0.15, -0.1) is 0 Å². The monoisotopic (exact) mass is 333 g/mol. The lowest BCUT2D eigenvalue weighted by atomic mass is 10.1. The summed E-state index contributed by atoms with van der Waals surface area (Å²) in [7, 11) is -5.24. The molecule has 4 atom stereocenters. The van der Waals surface area contributed by atoms with Crippen LogP contribution >= 0.6 is 7.82 Å².